The number of carbonyl (C=O) groups is 5. The number of anilines is 1. The number of nitrogens with zero attached hydrogens (tertiary/aromatic N) is 2. The van der Waals surface area contributed by atoms with E-state index in [0.717, 1.165) is 10.5 Å². The Morgan fingerprint density at radius 2 is 1.46 bits per heavy atom. The first-order chi connectivity index (χ1) is 31.4. The summed E-state index contributed by atoms with van der Waals surface area (Å²) in [6.07, 6.45) is 0.556. The summed E-state index contributed by atoms with van der Waals surface area (Å²) in [5.74, 6) is 1.98. The van der Waals surface area contributed by atoms with Crippen molar-refractivity contribution in [2.75, 3.05) is 25.7 Å². The van der Waals surface area contributed by atoms with Crippen molar-refractivity contribution in [3.05, 3.63) is 173 Å². The van der Waals surface area contributed by atoms with Gasteiger partial charge >= 0.3 is 18.0 Å². The van der Waals surface area contributed by atoms with Crippen LogP contribution in [0, 0.1) is 23.7 Å². The second kappa shape index (κ2) is 18.2. The number of imide groups is 1. The van der Waals surface area contributed by atoms with Crippen molar-refractivity contribution >= 4 is 35.5 Å². The molecule has 7 atom stereocenters. The number of fused-ring (bicyclic) bond motifs is 3. The van der Waals surface area contributed by atoms with E-state index in [2.05, 4.69) is 29.1 Å². The third kappa shape index (κ3) is 7.76. The average Bonchev–Trinajstić information content (AvgIpc) is 3.78. The highest BCUT2D eigenvalue weighted by molar-refractivity contribution is 6.25. The van der Waals surface area contributed by atoms with Crippen LogP contribution in [0.4, 0.5) is 10.5 Å². The normalized spacial score (nSPS) is 22.5. The number of methoxy groups -OCH3 is 2. The van der Waals surface area contributed by atoms with Gasteiger partial charge in [0.15, 0.2) is 0 Å². The zero-order valence-corrected chi connectivity index (χ0v) is 36.3. The van der Waals surface area contributed by atoms with E-state index in [-0.39, 0.29) is 23.5 Å². The number of carbonyl (C=O) groups excluding carboxylic acids is 5. The number of urea groups is 1. The Kier molecular flexibility index (Phi) is 12.3. The molecular weight excluding hydrogens is 825 g/mol. The molecule has 3 N–H and O–H groups in total. The number of nitrogens with one attached hydrogen (secondary N) is 2. The highest BCUT2D eigenvalue weighted by atomic mass is 16.6. The summed E-state index contributed by atoms with van der Waals surface area (Å²) in [5, 5.41) is 16.3. The Morgan fingerprint density at radius 3 is 2.08 bits per heavy atom. The average molecular weight is 873 g/mol. The SMILES string of the molecule is C=CCNC(=O)[C@@H]1[C@H]2C(=O)O[C@H](c3ccccc3)[C@H](c3ccccc3)N2[C@H](c2ccc(O)cc2)[C@@]12C(=O)N(C(=O)N[C@H](C(=O)OC)C(C)C)c1ccc(C#Cc3ccc(OC)cc3)cc12. The number of rotatable bonds is 10. The van der Waals surface area contributed by atoms with Crippen molar-refractivity contribution in [1.29, 1.82) is 0 Å². The van der Waals surface area contributed by atoms with Crippen molar-refractivity contribution < 1.29 is 43.3 Å². The zero-order valence-electron chi connectivity index (χ0n) is 36.3. The molecule has 0 aliphatic carbocycles. The van der Waals surface area contributed by atoms with Gasteiger partial charge in [-0.15, -0.1) is 6.58 Å². The van der Waals surface area contributed by atoms with Crippen LogP contribution < -0.4 is 20.3 Å². The predicted octanol–water partition coefficient (Wildman–Crippen LogP) is 6.68. The molecule has 65 heavy (non-hydrogen) atoms. The van der Waals surface area contributed by atoms with Crippen LogP contribution >= 0.6 is 0 Å². The fraction of sp³-hybridized carbons (Fsp3) is 0.250. The van der Waals surface area contributed by atoms with Gasteiger partial charge in [0.2, 0.25) is 11.8 Å². The van der Waals surface area contributed by atoms with Gasteiger partial charge in [-0.3, -0.25) is 19.3 Å². The largest absolute Gasteiger partial charge is 0.508 e. The summed E-state index contributed by atoms with van der Waals surface area (Å²) in [5.41, 5.74) is 1.24. The van der Waals surface area contributed by atoms with Crippen LogP contribution in [0.15, 0.2) is 140 Å². The number of cyclic esters (lactones) is 1. The van der Waals surface area contributed by atoms with Crippen LogP contribution in [0.1, 0.15) is 65.4 Å². The molecule has 8 rings (SSSR count). The molecule has 0 saturated carbocycles. The molecule has 5 aromatic rings. The fourth-order valence-electron chi connectivity index (χ4n) is 9.57. The Labute approximate surface area is 377 Å². The number of morpholine rings is 1. The number of phenols is 1. The Hall–Kier alpha value is -7.69. The number of benzene rings is 5. The molecule has 2 saturated heterocycles. The molecule has 0 aromatic heterocycles. The van der Waals surface area contributed by atoms with Crippen molar-refractivity contribution in [1.82, 2.24) is 15.5 Å². The molecule has 3 heterocycles. The van der Waals surface area contributed by atoms with E-state index in [1.54, 1.807) is 75.6 Å². The first-order valence-corrected chi connectivity index (χ1v) is 21.2. The maximum absolute atomic E-state index is 16.3. The van der Waals surface area contributed by atoms with Crippen LogP contribution in [0.25, 0.3) is 0 Å². The number of esters is 2. The summed E-state index contributed by atoms with van der Waals surface area (Å²) < 4.78 is 16.8. The van der Waals surface area contributed by atoms with Crippen LogP contribution in [0.5, 0.6) is 11.5 Å². The quantitative estimate of drug-likeness (QED) is 0.0785. The summed E-state index contributed by atoms with van der Waals surface area (Å²) >= 11 is 0. The van der Waals surface area contributed by atoms with Crippen molar-refractivity contribution in [2.45, 2.75) is 49.5 Å². The number of aromatic hydroxyl groups is 1. The van der Waals surface area contributed by atoms with Crippen LogP contribution in [-0.4, -0.2) is 72.6 Å². The topological polar surface area (TPSA) is 164 Å². The van der Waals surface area contributed by atoms with Gasteiger partial charge in [-0.2, -0.15) is 0 Å². The van der Waals surface area contributed by atoms with Gasteiger partial charge in [-0.1, -0.05) is 105 Å². The van der Waals surface area contributed by atoms with E-state index >= 15 is 14.4 Å². The van der Waals surface area contributed by atoms with E-state index in [9.17, 15) is 14.7 Å². The smallest absolute Gasteiger partial charge is 0.329 e. The minimum atomic E-state index is -2.08. The van der Waals surface area contributed by atoms with Gasteiger partial charge < -0.3 is 30.0 Å². The van der Waals surface area contributed by atoms with Gasteiger partial charge in [0.05, 0.1) is 37.9 Å². The lowest BCUT2D eigenvalue weighted by atomic mass is 9.65. The van der Waals surface area contributed by atoms with Gasteiger partial charge in [-0.25, -0.2) is 14.5 Å². The lowest BCUT2D eigenvalue weighted by Gasteiger charge is -2.46. The predicted molar refractivity (Wildman–Crippen MR) is 241 cm³/mol. The fourth-order valence-corrected chi connectivity index (χ4v) is 9.57. The third-order valence-electron chi connectivity index (χ3n) is 12.4. The first-order valence-electron chi connectivity index (χ1n) is 21.2. The highest BCUT2D eigenvalue weighted by Gasteiger charge is 2.75. The van der Waals surface area contributed by atoms with Gasteiger partial charge in [-0.05, 0) is 82.8 Å². The Balaban J connectivity index is 1.44. The molecule has 2 fully saturated rings. The van der Waals surface area contributed by atoms with Crippen LogP contribution in [0.3, 0.4) is 0 Å². The third-order valence-corrected chi connectivity index (χ3v) is 12.4. The van der Waals surface area contributed by atoms with E-state index in [1.807, 2.05) is 65.6 Å². The first kappa shape index (κ1) is 43.9. The summed E-state index contributed by atoms with van der Waals surface area (Å²) in [6, 6.07) is 31.5. The summed E-state index contributed by atoms with van der Waals surface area (Å²) in [4.78, 5) is 77.5. The monoisotopic (exact) mass is 872 g/mol. The molecule has 4 amide bonds. The lowest BCUT2D eigenvalue weighted by Crippen LogP contribution is -2.57. The lowest BCUT2D eigenvalue weighted by molar-refractivity contribution is -0.178. The van der Waals surface area contributed by atoms with Gasteiger partial charge in [0.1, 0.15) is 35.1 Å². The van der Waals surface area contributed by atoms with E-state index in [0.29, 0.717) is 28.0 Å². The van der Waals surface area contributed by atoms with Crippen molar-refractivity contribution in [3.8, 4) is 23.3 Å². The second-order valence-corrected chi connectivity index (χ2v) is 16.4. The molecule has 0 unspecified atom stereocenters. The molecule has 13 nitrogen and oxygen atoms in total. The maximum Gasteiger partial charge on any atom is 0.329 e. The van der Waals surface area contributed by atoms with E-state index in [1.165, 1.54) is 25.3 Å². The minimum Gasteiger partial charge on any atom is -0.508 e. The molecule has 3 aliphatic heterocycles. The minimum absolute atomic E-state index is 0.0143. The van der Waals surface area contributed by atoms with Gasteiger partial charge in [0, 0.05) is 17.7 Å². The highest BCUT2D eigenvalue weighted by Crippen LogP contribution is 2.66. The molecule has 3 aliphatic rings. The molecule has 1 spiro atoms. The molecule has 330 valence electrons. The molecule has 13 heteroatoms. The maximum atomic E-state index is 16.3. The van der Waals surface area contributed by atoms with E-state index in [4.69, 9.17) is 14.2 Å². The number of amides is 4. The summed E-state index contributed by atoms with van der Waals surface area (Å²) in [7, 11) is 2.78. The molecule has 5 aromatic carbocycles. The van der Waals surface area contributed by atoms with Crippen molar-refractivity contribution in [2.24, 2.45) is 11.8 Å². The zero-order chi connectivity index (χ0) is 46.0. The second-order valence-electron chi connectivity index (χ2n) is 16.4. The Bertz CT molecular complexity index is 2700. The number of hydrogen-bond acceptors (Lipinski definition) is 10. The molecule has 0 radical (unpaired) electrons. The van der Waals surface area contributed by atoms with Crippen LogP contribution in [0.2, 0.25) is 0 Å². The number of phenolic OH excluding ortho intramolecular Hbond substituents is 1. The standard InChI is InChI=1S/C52H48N4O9/c1-6-29-53-47(58)41-44-49(60)65-45(35-15-11-8-12-16-35)43(34-13-9-7-10-14-34)56(44)46(36-22-24-37(57)25-23-36)52(41)39-30-33(18-17-32-19-26-38(63-4)27-20-32)21-28-40(39)55(50(52)61)51(62)54-42(31(2)3)48(59)64-5/h6-16,19-28,30-31,41-46,57H,1,29H2,2-5H3,(H,53,58)(H,54,62)/t41-,42-,43-,44-,45+,46+,52-/m0/s1. The number of ether oxygens (including phenoxy) is 3. The van der Waals surface area contributed by atoms with Crippen LogP contribution in [-0.2, 0) is 34.1 Å². The number of hydrogen-bond donors (Lipinski definition) is 3. The Morgan fingerprint density at radius 1 is 0.831 bits per heavy atom. The van der Waals surface area contributed by atoms with E-state index < -0.39 is 77.3 Å². The molecule has 0 bridgehead atoms. The molecular formula is C52H48N4O9. The van der Waals surface area contributed by atoms with Gasteiger partial charge in [0.25, 0.3) is 0 Å². The van der Waals surface area contributed by atoms with Crippen molar-refractivity contribution in [3.63, 3.8) is 0 Å². The summed E-state index contributed by atoms with van der Waals surface area (Å²) in [6.45, 7) is 7.24.